The number of sulfonamides is 1. The Balaban J connectivity index is 1.73. The summed E-state index contributed by atoms with van der Waals surface area (Å²) in [6.45, 7) is 0. The van der Waals surface area contributed by atoms with Crippen molar-refractivity contribution in [1.29, 1.82) is 0 Å². The average molecular weight is 392 g/mol. The highest BCUT2D eigenvalue weighted by Gasteiger charge is 2.35. The number of benzene rings is 1. The van der Waals surface area contributed by atoms with Crippen LogP contribution >= 0.6 is 22.6 Å². The maximum Gasteiger partial charge on any atom is 0.240 e. The Hall–Kier alpha value is -0.180. The molecule has 2 fully saturated rings. The van der Waals surface area contributed by atoms with Gasteiger partial charge in [-0.2, -0.15) is 0 Å². The smallest absolute Gasteiger partial charge is 0.240 e. The minimum Gasteiger partial charge on any atom is -0.311 e. The second-order valence-corrected chi connectivity index (χ2v) is 8.34. The lowest BCUT2D eigenvalue weighted by atomic mass is 10.0. The molecule has 0 aromatic heterocycles. The van der Waals surface area contributed by atoms with Gasteiger partial charge in [0.25, 0.3) is 0 Å². The van der Waals surface area contributed by atoms with Crippen molar-refractivity contribution >= 4 is 32.6 Å². The highest BCUT2D eigenvalue weighted by atomic mass is 127. The molecule has 104 valence electrons. The van der Waals surface area contributed by atoms with Crippen LogP contribution in [0.5, 0.6) is 0 Å². The third kappa shape index (κ3) is 3.12. The molecule has 19 heavy (non-hydrogen) atoms. The molecule has 2 N–H and O–H groups in total. The number of hydrogen-bond donors (Lipinski definition) is 2. The summed E-state index contributed by atoms with van der Waals surface area (Å²) >= 11 is 2.17. The molecule has 2 aliphatic rings. The van der Waals surface area contributed by atoms with Crippen LogP contribution in [0.25, 0.3) is 0 Å². The molecule has 0 radical (unpaired) electrons. The van der Waals surface area contributed by atoms with Gasteiger partial charge < -0.3 is 5.32 Å². The molecule has 0 spiro atoms. The topological polar surface area (TPSA) is 58.2 Å². The first kappa shape index (κ1) is 13.8. The van der Waals surface area contributed by atoms with Gasteiger partial charge in [-0.25, -0.2) is 13.1 Å². The first-order valence-corrected chi connectivity index (χ1v) is 9.13. The van der Waals surface area contributed by atoms with Gasteiger partial charge in [0.2, 0.25) is 10.0 Å². The molecule has 0 saturated carbocycles. The van der Waals surface area contributed by atoms with Crippen molar-refractivity contribution in [3.63, 3.8) is 0 Å². The van der Waals surface area contributed by atoms with E-state index in [2.05, 4.69) is 32.6 Å². The van der Waals surface area contributed by atoms with E-state index in [1.165, 1.54) is 12.8 Å². The summed E-state index contributed by atoms with van der Waals surface area (Å²) in [5.41, 5.74) is 0. The summed E-state index contributed by atoms with van der Waals surface area (Å²) in [5, 5.41) is 3.52. The van der Waals surface area contributed by atoms with Crippen LogP contribution in [0.15, 0.2) is 29.2 Å². The maximum absolute atomic E-state index is 12.3. The maximum atomic E-state index is 12.3. The van der Waals surface area contributed by atoms with Gasteiger partial charge in [-0.1, -0.05) is 0 Å². The van der Waals surface area contributed by atoms with Gasteiger partial charge in [-0.05, 0) is 72.5 Å². The van der Waals surface area contributed by atoms with Crippen molar-refractivity contribution in [2.75, 3.05) is 0 Å². The van der Waals surface area contributed by atoms with Crippen molar-refractivity contribution in [2.24, 2.45) is 0 Å². The number of hydrogen-bond acceptors (Lipinski definition) is 3. The number of fused-ring (bicyclic) bond motifs is 2. The van der Waals surface area contributed by atoms with Crippen LogP contribution in [-0.4, -0.2) is 26.5 Å². The molecular formula is C13H17IN2O2S. The van der Waals surface area contributed by atoms with Gasteiger partial charge in [-0.3, -0.25) is 0 Å². The van der Waals surface area contributed by atoms with E-state index in [1.807, 2.05) is 12.1 Å². The van der Waals surface area contributed by atoms with E-state index in [0.717, 1.165) is 16.4 Å². The summed E-state index contributed by atoms with van der Waals surface area (Å²) in [5.74, 6) is 0. The van der Waals surface area contributed by atoms with Crippen molar-refractivity contribution < 1.29 is 8.42 Å². The second kappa shape index (κ2) is 5.31. The lowest BCUT2D eigenvalue weighted by Crippen LogP contribution is -2.47. The van der Waals surface area contributed by atoms with E-state index in [4.69, 9.17) is 0 Å². The molecule has 0 amide bonds. The highest BCUT2D eigenvalue weighted by molar-refractivity contribution is 14.1. The van der Waals surface area contributed by atoms with Crippen LogP contribution in [-0.2, 0) is 10.0 Å². The SMILES string of the molecule is O=S(=O)(NC1CC2CCC(C1)N2)c1ccc(I)cc1. The molecule has 1 aromatic carbocycles. The molecule has 1 aromatic rings. The Morgan fingerprint density at radius 2 is 1.68 bits per heavy atom. The Morgan fingerprint density at radius 3 is 2.26 bits per heavy atom. The van der Waals surface area contributed by atoms with Gasteiger partial charge in [0, 0.05) is 21.7 Å². The lowest BCUT2D eigenvalue weighted by Gasteiger charge is -2.29. The molecule has 2 unspecified atom stereocenters. The third-order valence-corrected chi connectivity index (χ3v) is 6.17. The second-order valence-electron chi connectivity index (χ2n) is 5.38. The highest BCUT2D eigenvalue weighted by Crippen LogP contribution is 2.27. The molecule has 3 rings (SSSR count). The van der Waals surface area contributed by atoms with Gasteiger partial charge in [0.05, 0.1) is 4.90 Å². The van der Waals surface area contributed by atoms with Crippen molar-refractivity contribution in [1.82, 2.24) is 10.0 Å². The number of halogens is 1. The van der Waals surface area contributed by atoms with Crippen LogP contribution < -0.4 is 10.0 Å². The molecule has 6 heteroatoms. The van der Waals surface area contributed by atoms with Crippen LogP contribution in [0.1, 0.15) is 25.7 Å². The van der Waals surface area contributed by atoms with Crippen LogP contribution in [0, 0.1) is 3.57 Å². The largest absolute Gasteiger partial charge is 0.311 e. The molecule has 2 aliphatic heterocycles. The molecule has 0 aliphatic carbocycles. The minimum absolute atomic E-state index is 0.0722. The van der Waals surface area contributed by atoms with Crippen molar-refractivity contribution in [3.05, 3.63) is 27.8 Å². The zero-order chi connectivity index (χ0) is 13.5. The van der Waals surface area contributed by atoms with E-state index >= 15 is 0 Å². The van der Waals surface area contributed by atoms with E-state index < -0.39 is 10.0 Å². The van der Waals surface area contributed by atoms with Gasteiger partial charge in [0.15, 0.2) is 0 Å². The van der Waals surface area contributed by atoms with Crippen LogP contribution in [0.2, 0.25) is 0 Å². The quantitative estimate of drug-likeness (QED) is 0.773. The van der Waals surface area contributed by atoms with E-state index in [1.54, 1.807) is 12.1 Å². The third-order valence-electron chi connectivity index (χ3n) is 3.92. The van der Waals surface area contributed by atoms with Gasteiger partial charge in [0.1, 0.15) is 0 Å². The summed E-state index contributed by atoms with van der Waals surface area (Å²) in [7, 11) is -3.38. The fourth-order valence-corrected chi connectivity index (χ4v) is 4.68. The fraction of sp³-hybridized carbons (Fsp3) is 0.538. The summed E-state index contributed by atoms with van der Waals surface area (Å²) in [6, 6.07) is 8.02. The van der Waals surface area contributed by atoms with Crippen molar-refractivity contribution in [2.45, 2.75) is 48.7 Å². The average Bonchev–Trinajstić information content (AvgIpc) is 2.69. The predicted octanol–water partition coefficient (Wildman–Crippen LogP) is 1.85. The molecule has 2 saturated heterocycles. The molecule has 2 bridgehead atoms. The first-order chi connectivity index (χ1) is 9.03. The van der Waals surface area contributed by atoms with Crippen molar-refractivity contribution in [3.8, 4) is 0 Å². The minimum atomic E-state index is -3.38. The van der Waals surface area contributed by atoms with E-state index in [9.17, 15) is 8.42 Å². The Kier molecular flexibility index (Phi) is 3.85. The van der Waals surface area contributed by atoms with Crippen LogP contribution in [0.4, 0.5) is 0 Å². The molecule has 4 nitrogen and oxygen atoms in total. The normalized spacial score (nSPS) is 30.5. The Labute approximate surface area is 127 Å². The van der Waals surface area contributed by atoms with Crippen LogP contribution in [0.3, 0.4) is 0 Å². The van der Waals surface area contributed by atoms with E-state index in [-0.39, 0.29) is 6.04 Å². The molecule has 2 heterocycles. The number of rotatable bonds is 3. The number of piperidine rings is 1. The zero-order valence-corrected chi connectivity index (χ0v) is 13.4. The number of nitrogens with one attached hydrogen (secondary N) is 2. The Morgan fingerprint density at radius 1 is 1.11 bits per heavy atom. The predicted molar refractivity (Wildman–Crippen MR) is 82.4 cm³/mol. The van der Waals surface area contributed by atoms with Gasteiger partial charge in [-0.15, -0.1) is 0 Å². The lowest BCUT2D eigenvalue weighted by molar-refractivity contribution is 0.345. The molecular weight excluding hydrogens is 375 g/mol. The summed E-state index contributed by atoms with van der Waals surface area (Å²) in [4.78, 5) is 0.360. The van der Waals surface area contributed by atoms with E-state index in [0.29, 0.717) is 17.0 Å². The summed E-state index contributed by atoms with van der Waals surface area (Å²) in [6.07, 6.45) is 4.15. The monoisotopic (exact) mass is 392 g/mol. The zero-order valence-electron chi connectivity index (χ0n) is 10.5. The fourth-order valence-electron chi connectivity index (χ4n) is 3.05. The first-order valence-electron chi connectivity index (χ1n) is 6.57. The molecule has 2 atom stereocenters. The van der Waals surface area contributed by atoms with Gasteiger partial charge >= 0.3 is 0 Å². The standard InChI is InChI=1S/C13H17IN2O2S/c14-9-1-5-13(6-2-9)19(17,18)16-12-7-10-3-4-11(8-12)15-10/h1-2,5-6,10-12,15-16H,3-4,7-8H2. The Bertz CT molecular complexity index is 547. The summed E-state index contributed by atoms with van der Waals surface area (Å²) < 4.78 is 28.5.